The fourth-order valence-corrected chi connectivity index (χ4v) is 4.39. The molecule has 0 aliphatic carbocycles. The summed E-state index contributed by atoms with van der Waals surface area (Å²) in [7, 11) is 0. The maximum atomic E-state index is 5.49. The summed E-state index contributed by atoms with van der Waals surface area (Å²) in [6, 6.07) is 40.0. The average molecular weight is 553 g/mol. The molecule has 6 rings (SSSR count). The number of rotatable bonds is 3. The topological polar surface area (TPSA) is 30.7 Å². The van der Waals surface area contributed by atoms with Gasteiger partial charge in [-0.3, -0.25) is 9.55 Å². The van der Waals surface area contributed by atoms with Crippen molar-refractivity contribution < 1.29 is 19.5 Å². The molecule has 0 N–H and O–H groups in total. The predicted octanol–water partition coefficient (Wildman–Crippen LogP) is 7.25. The third-order valence-corrected chi connectivity index (χ3v) is 6.24. The van der Waals surface area contributed by atoms with Crippen LogP contribution in [-0.2, 0) is 44.7 Å². The third kappa shape index (κ3) is 5.52. The van der Waals surface area contributed by atoms with Crippen molar-refractivity contribution in [1.29, 1.82) is 0 Å². The van der Waals surface area contributed by atoms with Crippen molar-refractivity contribution in [3.63, 3.8) is 0 Å². The molecular formula is C30H21N3S2Zn. The first-order valence-corrected chi connectivity index (χ1v) is 12.0. The van der Waals surface area contributed by atoms with E-state index in [1.165, 1.54) is 0 Å². The van der Waals surface area contributed by atoms with Gasteiger partial charge in [-0.25, -0.2) is 4.98 Å². The minimum absolute atomic E-state index is 0. The zero-order valence-corrected chi connectivity index (χ0v) is 24.1. The molecule has 0 amide bonds. The number of para-hydroxylation sites is 3. The molecule has 0 spiro atoms. The number of hydrogen-bond acceptors (Lipinski definition) is 4. The van der Waals surface area contributed by atoms with Crippen LogP contribution in [0.4, 0.5) is 0 Å². The molecule has 0 fully saturated rings. The Hall–Kier alpha value is -3.44. The zero-order valence-electron chi connectivity index (χ0n) is 19.5. The molecule has 6 heteroatoms. The zero-order chi connectivity index (χ0) is 24.0. The Morgan fingerprint density at radius 1 is 0.556 bits per heavy atom. The summed E-state index contributed by atoms with van der Waals surface area (Å²) in [5.74, 6) is 0.887. The number of benzene rings is 4. The summed E-state index contributed by atoms with van der Waals surface area (Å²) < 4.78 is 2.17. The van der Waals surface area contributed by atoms with Gasteiger partial charge in [-0.05, 0) is 47.5 Å². The van der Waals surface area contributed by atoms with Crippen molar-refractivity contribution in [3.05, 3.63) is 128 Å². The average Bonchev–Trinajstić information content (AvgIpc) is 3.30. The van der Waals surface area contributed by atoms with Crippen molar-refractivity contribution in [2.24, 2.45) is 0 Å². The predicted molar refractivity (Wildman–Crippen MR) is 147 cm³/mol. The molecule has 0 radical (unpaired) electrons. The Morgan fingerprint density at radius 3 is 1.81 bits per heavy atom. The Labute approximate surface area is 234 Å². The number of imidazole rings is 1. The van der Waals surface area contributed by atoms with Gasteiger partial charge in [0.05, 0.1) is 16.7 Å². The first kappa shape index (κ1) is 25.7. The van der Waals surface area contributed by atoms with E-state index >= 15 is 0 Å². The van der Waals surface area contributed by atoms with Crippen LogP contribution in [0.5, 0.6) is 0 Å². The van der Waals surface area contributed by atoms with Crippen LogP contribution in [0.1, 0.15) is 0 Å². The Balaban J connectivity index is 0.000000187. The SMILES string of the molecule is [S-]c1ccccc1-c1ccccn1.[S-]c1ccccc1-c1nc2ccccc2n1-c1ccccc1.[Zn+2]. The standard InChI is InChI=1S/C19H14N2S.C11H9NS.Zn/c22-18-13-7-4-10-15(18)19-20-16-11-5-6-12-17(16)21(19)14-8-2-1-3-9-14;13-11-7-2-1-5-9(11)10-6-3-4-8-12-10;/h1-13,22H;1-8,13H;/q;;+2/p-2. The smallest absolute Gasteiger partial charge is 0.779 e. The number of nitrogens with zero attached hydrogens (tertiary/aromatic N) is 3. The number of fused-ring (bicyclic) bond motifs is 1. The molecular weight excluding hydrogens is 532 g/mol. The van der Waals surface area contributed by atoms with E-state index in [1.807, 2.05) is 103 Å². The first-order valence-electron chi connectivity index (χ1n) is 11.2. The fraction of sp³-hybridized carbons (Fsp3) is 0. The van der Waals surface area contributed by atoms with Crippen molar-refractivity contribution in [2.75, 3.05) is 0 Å². The van der Waals surface area contributed by atoms with Gasteiger partial charge < -0.3 is 25.3 Å². The van der Waals surface area contributed by atoms with Crippen LogP contribution < -0.4 is 0 Å². The van der Waals surface area contributed by atoms with Crippen molar-refractivity contribution in [2.45, 2.75) is 9.79 Å². The van der Waals surface area contributed by atoms with E-state index in [0.717, 1.165) is 49.2 Å². The summed E-state index contributed by atoms with van der Waals surface area (Å²) in [6.45, 7) is 0. The van der Waals surface area contributed by atoms with Crippen LogP contribution >= 0.6 is 0 Å². The number of aromatic nitrogens is 3. The summed E-state index contributed by atoms with van der Waals surface area (Å²) in [5.41, 5.74) is 6.09. The molecule has 2 aromatic heterocycles. The van der Waals surface area contributed by atoms with Crippen LogP contribution in [0.15, 0.2) is 137 Å². The molecule has 0 aliphatic rings. The molecule has 0 bridgehead atoms. The second kappa shape index (κ2) is 12.0. The molecule has 36 heavy (non-hydrogen) atoms. The molecule has 0 atom stereocenters. The molecule has 0 unspecified atom stereocenters. The molecule has 4 aromatic carbocycles. The normalized spacial score (nSPS) is 10.2. The van der Waals surface area contributed by atoms with E-state index in [4.69, 9.17) is 30.2 Å². The van der Waals surface area contributed by atoms with Gasteiger partial charge in [0.25, 0.3) is 0 Å². The summed E-state index contributed by atoms with van der Waals surface area (Å²) in [5, 5.41) is 0. The fourth-order valence-electron chi connectivity index (χ4n) is 3.90. The van der Waals surface area contributed by atoms with Gasteiger partial charge in [0.15, 0.2) is 0 Å². The van der Waals surface area contributed by atoms with E-state index < -0.39 is 0 Å². The Morgan fingerprint density at radius 2 is 1.14 bits per heavy atom. The molecule has 170 valence electrons. The molecule has 0 saturated heterocycles. The molecule has 0 aliphatic heterocycles. The van der Waals surface area contributed by atoms with E-state index in [-0.39, 0.29) is 19.5 Å². The van der Waals surface area contributed by atoms with E-state index in [2.05, 4.69) is 27.8 Å². The summed E-state index contributed by atoms with van der Waals surface area (Å²) in [6.07, 6.45) is 1.77. The van der Waals surface area contributed by atoms with Gasteiger partial charge in [0.1, 0.15) is 5.82 Å². The summed E-state index contributed by atoms with van der Waals surface area (Å²) >= 11 is 10.7. The number of hydrogen-bond donors (Lipinski definition) is 0. The van der Waals surface area contributed by atoms with Crippen LogP contribution in [0.2, 0.25) is 0 Å². The van der Waals surface area contributed by atoms with E-state index in [9.17, 15) is 0 Å². The molecule has 0 saturated carbocycles. The van der Waals surface area contributed by atoms with Gasteiger partial charge in [-0.1, -0.05) is 84.9 Å². The second-order valence-corrected chi connectivity index (χ2v) is 8.68. The molecule has 3 nitrogen and oxygen atoms in total. The second-order valence-electron chi connectivity index (χ2n) is 7.80. The molecule has 2 heterocycles. The van der Waals surface area contributed by atoms with Gasteiger partial charge in [-0.15, -0.1) is 0 Å². The number of pyridine rings is 1. The largest absolute Gasteiger partial charge is 2.00 e. The summed E-state index contributed by atoms with van der Waals surface area (Å²) in [4.78, 5) is 10.7. The van der Waals surface area contributed by atoms with Gasteiger partial charge in [0.2, 0.25) is 0 Å². The maximum Gasteiger partial charge on any atom is 2.00 e. The Bertz CT molecular complexity index is 1570. The first-order chi connectivity index (χ1) is 17.2. The van der Waals surface area contributed by atoms with Gasteiger partial charge in [-0.2, -0.15) is 9.79 Å². The van der Waals surface area contributed by atoms with Crippen molar-refractivity contribution in [3.8, 4) is 28.3 Å². The third-order valence-electron chi connectivity index (χ3n) is 5.53. The monoisotopic (exact) mass is 551 g/mol. The van der Waals surface area contributed by atoms with Crippen molar-refractivity contribution >= 4 is 36.3 Å². The minimum atomic E-state index is 0. The van der Waals surface area contributed by atoms with Crippen LogP contribution in [0.25, 0.3) is 39.4 Å². The van der Waals surface area contributed by atoms with Crippen LogP contribution in [0.3, 0.4) is 0 Å². The molecule has 6 aromatic rings. The van der Waals surface area contributed by atoms with Crippen molar-refractivity contribution in [1.82, 2.24) is 14.5 Å². The Kier molecular flexibility index (Phi) is 8.55. The van der Waals surface area contributed by atoms with Gasteiger partial charge in [0, 0.05) is 11.9 Å². The van der Waals surface area contributed by atoms with Gasteiger partial charge >= 0.3 is 19.5 Å². The quantitative estimate of drug-likeness (QED) is 0.171. The van der Waals surface area contributed by atoms with Crippen LogP contribution in [-0.4, -0.2) is 14.5 Å². The maximum absolute atomic E-state index is 5.49. The van der Waals surface area contributed by atoms with E-state index in [1.54, 1.807) is 6.20 Å². The van der Waals surface area contributed by atoms with E-state index in [0.29, 0.717) is 0 Å². The van der Waals surface area contributed by atoms with Crippen LogP contribution in [0, 0.1) is 0 Å². The minimum Gasteiger partial charge on any atom is -0.779 e.